The molecule has 1 aromatic rings. The fraction of sp³-hybridized carbons (Fsp3) is 0.455. The van der Waals surface area contributed by atoms with Gasteiger partial charge in [-0.05, 0) is 34.0 Å². The van der Waals surface area contributed by atoms with Crippen molar-refractivity contribution >= 4 is 21.8 Å². The molecule has 5 heteroatoms. The predicted octanol–water partition coefficient (Wildman–Crippen LogP) is 1.59. The molecule has 0 aromatic carbocycles. The molecule has 1 rings (SSSR count). The summed E-state index contributed by atoms with van der Waals surface area (Å²) in [5, 5.41) is 12.2. The lowest BCUT2D eigenvalue weighted by molar-refractivity contribution is 0.0871. The Balaban J connectivity index is 2.53. The molecule has 1 aromatic heterocycles. The van der Waals surface area contributed by atoms with E-state index in [4.69, 9.17) is 0 Å². The molecule has 4 nitrogen and oxygen atoms in total. The topological polar surface area (TPSA) is 62.2 Å². The quantitative estimate of drug-likeness (QED) is 0.827. The molecule has 0 aliphatic heterocycles. The molecule has 0 fully saturated rings. The maximum atomic E-state index is 11.7. The Morgan fingerprint density at radius 1 is 1.62 bits per heavy atom. The molecule has 2 N–H and O–H groups in total. The van der Waals surface area contributed by atoms with E-state index in [9.17, 15) is 9.90 Å². The minimum atomic E-state index is -0.519. The van der Waals surface area contributed by atoms with Gasteiger partial charge in [-0.15, -0.1) is 0 Å². The van der Waals surface area contributed by atoms with E-state index in [0.717, 1.165) is 0 Å². The zero-order valence-electron chi connectivity index (χ0n) is 9.27. The molecule has 1 amide bonds. The van der Waals surface area contributed by atoms with Gasteiger partial charge >= 0.3 is 0 Å². The van der Waals surface area contributed by atoms with Gasteiger partial charge in [-0.2, -0.15) is 0 Å². The fourth-order valence-corrected chi connectivity index (χ4v) is 1.44. The number of carbonyl (C=O) groups is 1. The number of hydrogen-bond acceptors (Lipinski definition) is 3. The van der Waals surface area contributed by atoms with Gasteiger partial charge < -0.3 is 10.4 Å². The van der Waals surface area contributed by atoms with Crippen LogP contribution in [0, 0.1) is 5.92 Å². The number of nitrogens with zero attached hydrogens (tertiary/aromatic N) is 1. The lowest BCUT2D eigenvalue weighted by atomic mass is 10.1. The molecule has 1 atom stereocenters. The van der Waals surface area contributed by atoms with Crippen LogP contribution >= 0.6 is 15.9 Å². The number of nitrogens with one attached hydrogen (secondary N) is 1. The summed E-state index contributed by atoms with van der Waals surface area (Å²) < 4.78 is 0.615. The SMILES string of the molecule is CC(C)C(O)CNC(=O)c1ccnc(Br)c1. The van der Waals surface area contributed by atoms with E-state index < -0.39 is 6.10 Å². The number of rotatable bonds is 4. The van der Waals surface area contributed by atoms with Crippen LogP contribution in [0.3, 0.4) is 0 Å². The molecule has 0 aliphatic carbocycles. The molecule has 0 bridgehead atoms. The monoisotopic (exact) mass is 286 g/mol. The minimum Gasteiger partial charge on any atom is -0.391 e. The third kappa shape index (κ3) is 3.90. The zero-order valence-corrected chi connectivity index (χ0v) is 10.9. The largest absolute Gasteiger partial charge is 0.391 e. The van der Waals surface area contributed by atoms with E-state index in [1.54, 1.807) is 18.3 Å². The molecule has 1 unspecified atom stereocenters. The van der Waals surface area contributed by atoms with Gasteiger partial charge in [-0.3, -0.25) is 4.79 Å². The summed E-state index contributed by atoms with van der Waals surface area (Å²) >= 11 is 3.19. The van der Waals surface area contributed by atoms with Gasteiger partial charge in [0.15, 0.2) is 0 Å². The number of aliphatic hydroxyl groups excluding tert-OH is 1. The van der Waals surface area contributed by atoms with Crippen LogP contribution < -0.4 is 5.32 Å². The summed E-state index contributed by atoms with van der Waals surface area (Å²) in [6, 6.07) is 3.26. The second kappa shape index (κ2) is 5.96. The number of carbonyl (C=O) groups excluding carboxylic acids is 1. The van der Waals surface area contributed by atoms with Crippen LogP contribution in [0.4, 0.5) is 0 Å². The van der Waals surface area contributed by atoms with E-state index >= 15 is 0 Å². The van der Waals surface area contributed by atoms with Crippen LogP contribution in [0.5, 0.6) is 0 Å². The van der Waals surface area contributed by atoms with Crippen molar-refractivity contribution in [2.45, 2.75) is 20.0 Å². The summed E-state index contributed by atoms with van der Waals surface area (Å²) in [6.45, 7) is 4.07. The number of hydrogen-bond donors (Lipinski definition) is 2. The van der Waals surface area contributed by atoms with Crippen molar-refractivity contribution in [2.24, 2.45) is 5.92 Å². The van der Waals surface area contributed by atoms with Gasteiger partial charge in [0.1, 0.15) is 4.60 Å². The normalized spacial score (nSPS) is 12.6. The third-order valence-corrected chi connectivity index (χ3v) is 2.66. The minimum absolute atomic E-state index is 0.129. The Hall–Kier alpha value is -0.940. The summed E-state index contributed by atoms with van der Waals surface area (Å²) in [7, 11) is 0. The number of halogens is 1. The average molecular weight is 287 g/mol. The van der Waals surface area contributed by atoms with Crippen LogP contribution in [0.1, 0.15) is 24.2 Å². The van der Waals surface area contributed by atoms with Crippen molar-refractivity contribution in [3.8, 4) is 0 Å². The number of aliphatic hydroxyl groups is 1. The van der Waals surface area contributed by atoms with Crippen molar-refractivity contribution < 1.29 is 9.90 Å². The van der Waals surface area contributed by atoms with Crippen molar-refractivity contribution in [1.29, 1.82) is 0 Å². The summed E-state index contributed by atoms with van der Waals surface area (Å²) in [5.74, 6) is -0.0766. The van der Waals surface area contributed by atoms with Crippen LogP contribution in [0.2, 0.25) is 0 Å². The molecule has 0 spiro atoms. The number of amides is 1. The van der Waals surface area contributed by atoms with E-state index in [-0.39, 0.29) is 18.4 Å². The van der Waals surface area contributed by atoms with Gasteiger partial charge in [0.2, 0.25) is 0 Å². The molecule has 16 heavy (non-hydrogen) atoms. The highest BCUT2D eigenvalue weighted by Gasteiger charge is 2.11. The molecule has 0 saturated carbocycles. The first kappa shape index (κ1) is 13.1. The smallest absolute Gasteiger partial charge is 0.251 e. The molecular formula is C11H15BrN2O2. The first-order valence-corrected chi connectivity index (χ1v) is 5.88. The van der Waals surface area contributed by atoms with Crippen LogP contribution in [0.25, 0.3) is 0 Å². The number of pyridine rings is 1. The highest BCUT2D eigenvalue weighted by molar-refractivity contribution is 9.10. The second-order valence-corrected chi connectivity index (χ2v) is 4.70. The molecule has 0 saturated heterocycles. The first-order chi connectivity index (χ1) is 7.50. The molecule has 0 aliphatic rings. The lowest BCUT2D eigenvalue weighted by Crippen LogP contribution is -2.34. The average Bonchev–Trinajstić information content (AvgIpc) is 2.25. The predicted molar refractivity (Wildman–Crippen MR) is 65.1 cm³/mol. The molecule has 88 valence electrons. The molecule has 1 heterocycles. The van der Waals surface area contributed by atoms with Gasteiger partial charge in [-0.1, -0.05) is 13.8 Å². The summed E-state index contributed by atoms with van der Waals surface area (Å²) in [4.78, 5) is 15.6. The van der Waals surface area contributed by atoms with Gasteiger partial charge in [0.25, 0.3) is 5.91 Å². The van der Waals surface area contributed by atoms with Gasteiger partial charge in [0.05, 0.1) is 6.10 Å². The molecular weight excluding hydrogens is 272 g/mol. The Kier molecular flexibility index (Phi) is 4.89. The summed E-state index contributed by atoms with van der Waals surface area (Å²) in [6.07, 6.45) is 1.03. The third-order valence-electron chi connectivity index (χ3n) is 2.23. The van der Waals surface area contributed by atoms with Gasteiger partial charge in [0, 0.05) is 18.3 Å². The Labute approximate surface area is 103 Å². The van der Waals surface area contributed by atoms with Crippen LogP contribution in [0.15, 0.2) is 22.9 Å². The Bertz CT molecular complexity index is 369. The van der Waals surface area contributed by atoms with Crippen molar-refractivity contribution in [3.05, 3.63) is 28.5 Å². The van der Waals surface area contributed by atoms with E-state index in [0.29, 0.717) is 10.2 Å². The van der Waals surface area contributed by atoms with E-state index in [1.807, 2.05) is 13.8 Å². The lowest BCUT2D eigenvalue weighted by Gasteiger charge is -2.14. The maximum absolute atomic E-state index is 11.7. The van der Waals surface area contributed by atoms with E-state index in [1.165, 1.54) is 0 Å². The van der Waals surface area contributed by atoms with Crippen molar-refractivity contribution in [2.75, 3.05) is 6.54 Å². The van der Waals surface area contributed by atoms with Crippen molar-refractivity contribution in [3.63, 3.8) is 0 Å². The molecule has 0 radical (unpaired) electrons. The van der Waals surface area contributed by atoms with Gasteiger partial charge in [-0.25, -0.2) is 4.98 Å². The highest BCUT2D eigenvalue weighted by atomic mass is 79.9. The fourth-order valence-electron chi connectivity index (χ4n) is 1.08. The van der Waals surface area contributed by atoms with Crippen LogP contribution in [-0.4, -0.2) is 28.6 Å². The van der Waals surface area contributed by atoms with Crippen LogP contribution in [-0.2, 0) is 0 Å². The zero-order chi connectivity index (χ0) is 12.1. The highest BCUT2D eigenvalue weighted by Crippen LogP contribution is 2.08. The van der Waals surface area contributed by atoms with E-state index in [2.05, 4.69) is 26.2 Å². The first-order valence-electron chi connectivity index (χ1n) is 5.08. The number of aromatic nitrogens is 1. The standard InChI is InChI=1S/C11H15BrN2O2/c1-7(2)9(15)6-14-11(16)8-3-4-13-10(12)5-8/h3-5,7,9,15H,6H2,1-2H3,(H,14,16). The Morgan fingerprint density at radius 3 is 2.88 bits per heavy atom. The maximum Gasteiger partial charge on any atom is 0.251 e. The Morgan fingerprint density at radius 2 is 2.31 bits per heavy atom. The summed E-state index contributed by atoms with van der Waals surface area (Å²) in [5.41, 5.74) is 0.526. The second-order valence-electron chi connectivity index (χ2n) is 3.89. The van der Waals surface area contributed by atoms with Crippen molar-refractivity contribution in [1.82, 2.24) is 10.3 Å².